The number of amides is 1. The predicted octanol–water partition coefficient (Wildman–Crippen LogP) is 0.420. The Kier molecular flexibility index (Phi) is 3.24. The zero-order chi connectivity index (χ0) is 11.5. The number of nitrogens with zero attached hydrogens (tertiary/aromatic N) is 2. The number of hydrogen-bond acceptors (Lipinski definition) is 3. The summed E-state index contributed by atoms with van der Waals surface area (Å²) in [5.41, 5.74) is 5.82. The lowest BCUT2D eigenvalue weighted by Gasteiger charge is -2.26. The Bertz CT molecular complexity index is 366. The molecule has 0 saturated heterocycles. The van der Waals surface area contributed by atoms with E-state index in [0.717, 1.165) is 25.7 Å². The monoisotopic (exact) mass is 222 g/mol. The number of nitrogens with two attached hydrogens (primary N) is 1. The Morgan fingerprint density at radius 3 is 2.75 bits per heavy atom. The molecule has 1 saturated carbocycles. The van der Waals surface area contributed by atoms with Gasteiger partial charge in [0.15, 0.2) is 5.82 Å². The third-order valence-corrected chi connectivity index (χ3v) is 3.13. The van der Waals surface area contributed by atoms with Crippen LogP contribution < -0.4 is 11.1 Å². The average molecular weight is 222 g/mol. The van der Waals surface area contributed by atoms with Gasteiger partial charge in [0, 0.05) is 31.5 Å². The number of carbonyl (C=O) groups excluding carboxylic acids is 1. The minimum absolute atomic E-state index is 0.0898. The highest BCUT2D eigenvalue weighted by Gasteiger charge is 2.21. The van der Waals surface area contributed by atoms with Crippen LogP contribution in [0.5, 0.6) is 0 Å². The van der Waals surface area contributed by atoms with Crippen molar-refractivity contribution in [1.29, 1.82) is 0 Å². The van der Waals surface area contributed by atoms with Crippen LogP contribution in [0.1, 0.15) is 36.3 Å². The van der Waals surface area contributed by atoms with E-state index < -0.39 is 0 Å². The molecule has 0 spiro atoms. The Morgan fingerprint density at radius 2 is 2.19 bits per heavy atom. The van der Waals surface area contributed by atoms with Crippen molar-refractivity contribution in [1.82, 2.24) is 14.9 Å². The van der Waals surface area contributed by atoms with E-state index in [0.29, 0.717) is 11.9 Å². The van der Waals surface area contributed by atoms with Crippen molar-refractivity contribution in [3.8, 4) is 0 Å². The van der Waals surface area contributed by atoms with E-state index >= 15 is 0 Å². The van der Waals surface area contributed by atoms with Gasteiger partial charge in [0.2, 0.25) is 0 Å². The molecule has 0 radical (unpaired) electrons. The van der Waals surface area contributed by atoms with Crippen molar-refractivity contribution in [3.63, 3.8) is 0 Å². The lowest BCUT2D eigenvalue weighted by molar-refractivity contribution is 0.0912. The molecule has 3 N–H and O–H groups in total. The van der Waals surface area contributed by atoms with Crippen LogP contribution in [0, 0.1) is 0 Å². The highest BCUT2D eigenvalue weighted by molar-refractivity contribution is 5.90. The molecule has 0 bridgehead atoms. The second-order valence-corrected chi connectivity index (χ2v) is 4.45. The maximum Gasteiger partial charge on any atom is 0.287 e. The molecule has 16 heavy (non-hydrogen) atoms. The first kappa shape index (κ1) is 11.1. The van der Waals surface area contributed by atoms with Crippen LogP contribution in [0.15, 0.2) is 12.4 Å². The van der Waals surface area contributed by atoms with Crippen LogP contribution in [0.25, 0.3) is 0 Å². The fourth-order valence-electron chi connectivity index (χ4n) is 2.10. The molecular weight excluding hydrogens is 204 g/mol. The molecule has 2 rings (SSSR count). The van der Waals surface area contributed by atoms with Crippen LogP contribution in [0.2, 0.25) is 0 Å². The molecule has 1 heterocycles. The maximum atomic E-state index is 11.9. The molecule has 1 amide bonds. The lowest BCUT2D eigenvalue weighted by Crippen LogP contribution is -2.41. The summed E-state index contributed by atoms with van der Waals surface area (Å²) in [6, 6.07) is 0.560. The highest BCUT2D eigenvalue weighted by atomic mass is 16.2. The SMILES string of the molecule is Cn1ccnc1C(=O)NC1CCC(N)CC1. The smallest absolute Gasteiger partial charge is 0.287 e. The number of carbonyl (C=O) groups is 1. The van der Waals surface area contributed by atoms with Crippen molar-refractivity contribution in [2.75, 3.05) is 0 Å². The predicted molar refractivity (Wildman–Crippen MR) is 60.9 cm³/mol. The van der Waals surface area contributed by atoms with Gasteiger partial charge in [-0.05, 0) is 25.7 Å². The molecular formula is C11H18N4O. The second kappa shape index (κ2) is 4.65. The standard InChI is InChI=1S/C11H18N4O/c1-15-7-6-13-10(15)11(16)14-9-4-2-8(12)3-5-9/h6-9H,2-5,12H2,1H3,(H,14,16). The molecule has 5 nitrogen and oxygen atoms in total. The molecule has 1 aromatic heterocycles. The average Bonchev–Trinajstić information content (AvgIpc) is 2.68. The number of aryl methyl sites for hydroxylation is 1. The summed E-state index contributed by atoms with van der Waals surface area (Å²) < 4.78 is 1.73. The third-order valence-electron chi connectivity index (χ3n) is 3.13. The van der Waals surface area contributed by atoms with Gasteiger partial charge in [-0.1, -0.05) is 0 Å². The first-order valence-corrected chi connectivity index (χ1v) is 5.70. The van der Waals surface area contributed by atoms with E-state index in [4.69, 9.17) is 5.73 Å². The van der Waals surface area contributed by atoms with Gasteiger partial charge in [0.1, 0.15) is 0 Å². The summed E-state index contributed by atoms with van der Waals surface area (Å²) in [5.74, 6) is 0.378. The van der Waals surface area contributed by atoms with Crippen LogP contribution in [0.4, 0.5) is 0 Å². The summed E-state index contributed by atoms with van der Waals surface area (Å²) in [6.07, 6.45) is 7.32. The van der Waals surface area contributed by atoms with Crippen molar-refractivity contribution in [3.05, 3.63) is 18.2 Å². The van der Waals surface area contributed by atoms with E-state index in [9.17, 15) is 4.79 Å². The molecule has 0 unspecified atom stereocenters. The molecule has 1 fully saturated rings. The largest absolute Gasteiger partial charge is 0.347 e. The lowest BCUT2D eigenvalue weighted by atomic mass is 9.92. The number of imidazole rings is 1. The highest BCUT2D eigenvalue weighted by Crippen LogP contribution is 2.17. The maximum absolute atomic E-state index is 11.9. The summed E-state index contributed by atoms with van der Waals surface area (Å²) in [5, 5.41) is 3.00. The molecule has 1 aliphatic carbocycles. The summed E-state index contributed by atoms with van der Waals surface area (Å²) in [4.78, 5) is 15.9. The first-order chi connectivity index (χ1) is 7.66. The quantitative estimate of drug-likeness (QED) is 0.761. The summed E-state index contributed by atoms with van der Waals surface area (Å²) in [6.45, 7) is 0. The molecule has 0 aliphatic heterocycles. The minimum atomic E-state index is -0.0898. The number of nitrogens with one attached hydrogen (secondary N) is 1. The molecule has 88 valence electrons. The van der Waals surface area contributed by atoms with Gasteiger partial charge in [0.25, 0.3) is 5.91 Å². The molecule has 0 aromatic carbocycles. The van der Waals surface area contributed by atoms with Crippen LogP contribution in [0.3, 0.4) is 0 Å². The van der Waals surface area contributed by atoms with E-state index in [1.165, 1.54) is 0 Å². The minimum Gasteiger partial charge on any atom is -0.347 e. The number of rotatable bonds is 2. The van der Waals surface area contributed by atoms with Gasteiger partial charge in [0.05, 0.1) is 0 Å². The fourth-order valence-corrected chi connectivity index (χ4v) is 2.10. The van der Waals surface area contributed by atoms with Gasteiger partial charge < -0.3 is 15.6 Å². The number of hydrogen-bond donors (Lipinski definition) is 2. The third kappa shape index (κ3) is 2.41. The topological polar surface area (TPSA) is 72.9 Å². The van der Waals surface area contributed by atoms with Gasteiger partial charge >= 0.3 is 0 Å². The zero-order valence-electron chi connectivity index (χ0n) is 9.52. The van der Waals surface area contributed by atoms with Crippen LogP contribution in [-0.4, -0.2) is 27.5 Å². The van der Waals surface area contributed by atoms with Gasteiger partial charge in [-0.2, -0.15) is 0 Å². The Labute approximate surface area is 95.0 Å². The van der Waals surface area contributed by atoms with Crippen LogP contribution >= 0.6 is 0 Å². The normalized spacial score (nSPS) is 25.4. The summed E-state index contributed by atoms with van der Waals surface area (Å²) >= 11 is 0. The Hall–Kier alpha value is -1.36. The van der Waals surface area contributed by atoms with E-state index in [1.54, 1.807) is 17.0 Å². The van der Waals surface area contributed by atoms with Crippen molar-refractivity contribution in [2.45, 2.75) is 37.8 Å². The van der Waals surface area contributed by atoms with Crippen molar-refractivity contribution in [2.24, 2.45) is 12.8 Å². The van der Waals surface area contributed by atoms with E-state index in [-0.39, 0.29) is 11.9 Å². The molecule has 5 heteroatoms. The molecule has 1 aromatic rings. The first-order valence-electron chi connectivity index (χ1n) is 5.70. The second-order valence-electron chi connectivity index (χ2n) is 4.45. The van der Waals surface area contributed by atoms with Crippen molar-refractivity contribution >= 4 is 5.91 Å². The molecule has 1 aliphatic rings. The van der Waals surface area contributed by atoms with Gasteiger partial charge in [-0.15, -0.1) is 0 Å². The van der Waals surface area contributed by atoms with Gasteiger partial charge in [-0.25, -0.2) is 4.98 Å². The Morgan fingerprint density at radius 1 is 1.50 bits per heavy atom. The van der Waals surface area contributed by atoms with E-state index in [1.807, 2.05) is 7.05 Å². The Balaban J connectivity index is 1.91. The van der Waals surface area contributed by atoms with Crippen LogP contribution in [-0.2, 0) is 7.05 Å². The number of aromatic nitrogens is 2. The fraction of sp³-hybridized carbons (Fsp3) is 0.636. The van der Waals surface area contributed by atoms with Crippen molar-refractivity contribution < 1.29 is 4.79 Å². The van der Waals surface area contributed by atoms with E-state index in [2.05, 4.69) is 10.3 Å². The summed E-state index contributed by atoms with van der Waals surface area (Å²) in [7, 11) is 1.82. The molecule has 0 atom stereocenters. The zero-order valence-corrected chi connectivity index (χ0v) is 9.52. The van der Waals surface area contributed by atoms with Gasteiger partial charge in [-0.3, -0.25) is 4.79 Å².